The summed E-state index contributed by atoms with van der Waals surface area (Å²) in [6.07, 6.45) is 2.58. The number of hydrogen-bond donors (Lipinski definition) is 3. The standard InChI is InChI=1S/C17H28N2O2/c1-12(2)14(19-9-4-5-10-19)11-18-13(3)17-15(20)7-6-8-16(17)21/h6-8,12-14,18,20-21H,4-5,9-11H2,1-3H3. The second-order valence-corrected chi connectivity index (χ2v) is 6.39. The van der Waals surface area contributed by atoms with Crippen LogP contribution in [0.3, 0.4) is 0 Å². The molecule has 1 saturated heterocycles. The van der Waals surface area contributed by atoms with Crippen molar-refractivity contribution in [2.24, 2.45) is 5.92 Å². The Kier molecular flexibility index (Phi) is 5.48. The number of hydrogen-bond acceptors (Lipinski definition) is 4. The van der Waals surface area contributed by atoms with Crippen molar-refractivity contribution in [3.05, 3.63) is 23.8 Å². The van der Waals surface area contributed by atoms with Crippen LogP contribution in [0, 0.1) is 5.92 Å². The molecule has 1 fully saturated rings. The molecule has 118 valence electrons. The van der Waals surface area contributed by atoms with Gasteiger partial charge in [-0.3, -0.25) is 4.90 Å². The Morgan fingerprint density at radius 1 is 1.10 bits per heavy atom. The highest BCUT2D eigenvalue weighted by Gasteiger charge is 2.25. The molecule has 2 atom stereocenters. The van der Waals surface area contributed by atoms with Crippen molar-refractivity contribution in [2.75, 3.05) is 19.6 Å². The van der Waals surface area contributed by atoms with Gasteiger partial charge >= 0.3 is 0 Å². The lowest BCUT2D eigenvalue weighted by Crippen LogP contribution is -2.44. The molecule has 1 aromatic carbocycles. The van der Waals surface area contributed by atoms with Crippen molar-refractivity contribution < 1.29 is 10.2 Å². The molecule has 1 aromatic rings. The summed E-state index contributed by atoms with van der Waals surface area (Å²) in [5.74, 6) is 0.885. The minimum absolute atomic E-state index is 0.0740. The molecule has 3 N–H and O–H groups in total. The number of phenols is 2. The van der Waals surface area contributed by atoms with Crippen LogP contribution in [0.2, 0.25) is 0 Å². The average Bonchev–Trinajstić information content (AvgIpc) is 2.92. The maximum absolute atomic E-state index is 9.94. The molecule has 1 aliphatic heterocycles. The maximum atomic E-state index is 9.94. The van der Waals surface area contributed by atoms with Gasteiger partial charge in [0.2, 0.25) is 0 Å². The van der Waals surface area contributed by atoms with Gasteiger partial charge < -0.3 is 15.5 Å². The van der Waals surface area contributed by atoms with Crippen molar-refractivity contribution in [3.63, 3.8) is 0 Å². The third kappa shape index (κ3) is 3.89. The van der Waals surface area contributed by atoms with Crippen LogP contribution in [0.1, 0.15) is 45.2 Å². The van der Waals surface area contributed by atoms with E-state index in [1.165, 1.54) is 25.9 Å². The molecule has 0 aromatic heterocycles. The van der Waals surface area contributed by atoms with E-state index in [1.807, 2.05) is 6.92 Å². The van der Waals surface area contributed by atoms with E-state index in [2.05, 4.69) is 24.1 Å². The zero-order valence-corrected chi connectivity index (χ0v) is 13.3. The van der Waals surface area contributed by atoms with Crippen LogP contribution >= 0.6 is 0 Å². The van der Waals surface area contributed by atoms with Gasteiger partial charge in [-0.25, -0.2) is 0 Å². The molecule has 0 bridgehead atoms. The van der Waals surface area contributed by atoms with Crippen LogP contribution in [0.15, 0.2) is 18.2 Å². The number of nitrogens with one attached hydrogen (secondary N) is 1. The first-order valence-electron chi connectivity index (χ1n) is 7.99. The minimum atomic E-state index is -0.0740. The highest BCUT2D eigenvalue weighted by molar-refractivity contribution is 5.44. The number of aromatic hydroxyl groups is 2. The third-order valence-corrected chi connectivity index (χ3v) is 4.51. The zero-order valence-electron chi connectivity index (χ0n) is 13.3. The van der Waals surface area contributed by atoms with Gasteiger partial charge in [0.1, 0.15) is 11.5 Å². The van der Waals surface area contributed by atoms with E-state index in [0.717, 1.165) is 6.54 Å². The van der Waals surface area contributed by atoms with Crippen molar-refractivity contribution in [1.29, 1.82) is 0 Å². The maximum Gasteiger partial charge on any atom is 0.124 e. The van der Waals surface area contributed by atoms with Gasteiger partial charge in [0.05, 0.1) is 5.56 Å². The van der Waals surface area contributed by atoms with Gasteiger partial charge in [-0.15, -0.1) is 0 Å². The summed E-state index contributed by atoms with van der Waals surface area (Å²) >= 11 is 0. The molecule has 21 heavy (non-hydrogen) atoms. The molecule has 4 heteroatoms. The summed E-state index contributed by atoms with van der Waals surface area (Å²) in [5, 5.41) is 23.4. The number of likely N-dealkylation sites (tertiary alicyclic amines) is 1. The largest absolute Gasteiger partial charge is 0.507 e. The lowest BCUT2D eigenvalue weighted by molar-refractivity contribution is 0.182. The summed E-state index contributed by atoms with van der Waals surface area (Å²) in [6, 6.07) is 5.32. The molecule has 2 rings (SSSR count). The number of benzene rings is 1. The second-order valence-electron chi connectivity index (χ2n) is 6.39. The number of nitrogens with zero attached hydrogens (tertiary/aromatic N) is 1. The Morgan fingerprint density at radius 2 is 1.67 bits per heavy atom. The summed E-state index contributed by atoms with van der Waals surface area (Å²) in [6.45, 7) is 9.73. The molecular formula is C17H28N2O2. The molecule has 0 aliphatic carbocycles. The molecule has 0 amide bonds. The molecule has 4 nitrogen and oxygen atoms in total. The van der Waals surface area contributed by atoms with E-state index in [9.17, 15) is 10.2 Å². The van der Waals surface area contributed by atoms with Crippen LogP contribution in [0.25, 0.3) is 0 Å². The summed E-state index contributed by atoms with van der Waals surface area (Å²) in [5.41, 5.74) is 0.585. The quantitative estimate of drug-likeness (QED) is 0.754. The molecule has 1 heterocycles. The summed E-state index contributed by atoms with van der Waals surface area (Å²) < 4.78 is 0. The van der Waals surface area contributed by atoms with Crippen LogP contribution in [-0.2, 0) is 0 Å². The van der Waals surface area contributed by atoms with Gasteiger partial charge in [-0.2, -0.15) is 0 Å². The van der Waals surface area contributed by atoms with Crippen LogP contribution in [-0.4, -0.2) is 40.8 Å². The average molecular weight is 292 g/mol. The molecule has 0 radical (unpaired) electrons. The monoisotopic (exact) mass is 292 g/mol. The number of phenolic OH excluding ortho intramolecular Hbond substituents is 2. The van der Waals surface area contributed by atoms with Crippen LogP contribution in [0.5, 0.6) is 11.5 Å². The van der Waals surface area contributed by atoms with E-state index in [-0.39, 0.29) is 17.5 Å². The highest BCUT2D eigenvalue weighted by atomic mass is 16.3. The smallest absolute Gasteiger partial charge is 0.124 e. The Balaban J connectivity index is 2.00. The first-order chi connectivity index (χ1) is 10.0. The fourth-order valence-electron chi connectivity index (χ4n) is 3.24. The third-order valence-electron chi connectivity index (χ3n) is 4.51. The summed E-state index contributed by atoms with van der Waals surface area (Å²) in [7, 11) is 0. The van der Waals surface area contributed by atoms with Gasteiger partial charge in [0, 0.05) is 18.6 Å². The topological polar surface area (TPSA) is 55.7 Å². The molecule has 2 unspecified atom stereocenters. The normalized spacial score (nSPS) is 19.0. The predicted octanol–water partition coefficient (Wildman–Crippen LogP) is 2.87. The van der Waals surface area contributed by atoms with Gasteiger partial charge in [0.25, 0.3) is 0 Å². The molecule has 1 aliphatic rings. The Hall–Kier alpha value is -1.26. The first kappa shape index (κ1) is 16.1. The Morgan fingerprint density at radius 3 is 2.19 bits per heavy atom. The van der Waals surface area contributed by atoms with Gasteiger partial charge in [0.15, 0.2) is 0 Å². The predicted molar refractivity (Wildman–Crippen MR) is 85.6 cm³/mol. The molecular weight excluding hydrogens is 264 g/mol. The zero-order chi connectivity index (χ0) is 15.4. The van der Waals surface area contributed by atoms with E-state index in [4.69, 9.17) is 0 Å². The summed E-state index contributed by atoms with van der Waals surface area (Å²) in [4.78, 5) is 2.55. The van der Waals surface area contributed by atoms with Gasteiger partial charge in [-0.1, -0.05) is 19.9 Å². The number of rotatable bonds is 6. The van der Waals surface area contributed by atoms with E-state index in [0.29, 0.717) is 17.5 Å². The van der Waals surface area contributed by atoms with E-state index < -0.39 is 0 Å². The van der Waals surface area contributed by atoms with E-state index in [1.54, 1.807) is 18.2 Å². The Bertz CT molecular complexity index is 436. The molecule has 0 saturated carbocycles. The van der Waals surface area contributed by atoms with E-state index >= 15 is 0 Å². The lowest BCUT2D eigenvalue weighted by atomic mass is 10.0. The van der Waals surface area contributed by atoms with Crippen molar-refractivity contribution in [1.82, 2.24) is 10.2 Å². The lowest BCUT2D eigenvalue weighted by Gasteiger charge is -2.32. The van der Waals surface area contributed by atoms with Crippen molar-refractivity contribution in [3.8, 4) is 11.5 Å². The fourth-order valence-corrected chi connectivity index (χ4v) is 3.24. The fraction of sp³-hybridized carbons (Fsp3) is 0.647. The van der Waals surface area contributed by atoms with Crippen molar-refractivity contribution in [2.45, 2.75) is 45.7 Å². The Labute approximate surface area is 127 Å². The van der Waals surface area contributed by atoms with Gasteiger partial charge in [-0.05, 0) is 50.9 Å². The van der Waals surface area contributed by atoms with Crippen LogP contribution in [0.4, 0.5) is 0 Å². The molecule has 0 spiro atoms. The first-order valence-corrected chi connectivity index (χ1v) is 7.99. The highest BCUT2D eigenvalue weighted by Crippen LogP contribution is 2.32. The van der Waals surface area contributed by atoms with Crippen molar-refractivity contribution >= 4 is 0 Å². The SMILES string of the molecule is CC(NCC(C(C)C)N1CCCC1)c1c(O)cccc1O. The minimum Gasteiger partial charge on any atom is -0.507 e. The van der Waals surface area contributed by atoms with Crippen LogP contribution < -0.4 is 5.32 Å². The second kappa shape index (κ2) is 7.14.